The van der Waals surface area contributed by atoms with Crippen LogP contribution in [-0.2, 0) is 13.0 Å². The molecular weight excluding hydrogens is 258 g/mol. The zero-order valence-electron chi connectivity index (χ0n) is 12.1. The van der Waals surface area contributed by atoms with Crippen molar-refractivity contribution in [2.75, 3.05) is 11.9 Å². The number of amides is 1. The molecule has 4 nitrogen and oxygen atoms in total. The maximum absolute atomic E-state index is 11.7. The molecule has 1 aromatic heterocycles. The van der Waals surface area contributed by atoms with Gasteiger partial charge in [-0.3, -0.25) is 9.69 Å². The van der Waals surface area contributed by atoms with E-state index in [-0.39, 0.29) is 5.91 Å². The van der Waals surface area contributed by atoms with Crippen molar-refractivity contribution in [3.05, 3.63) is 16.0 Å². The van der Waals surface area contributed by atoms with Gasteiger partial charge < -0.3 is 11.1 Å². The van der Waals surface area contributed by atoms with Crippen LogP contribution >= 0.6 is 11.3 Å². The Labute approximate surface area is 119 Å². The third-order valence-corrected chi connectivity index (χ3v) is 4.63. The highest BCUT2D eigenvalue weighted by molar-refractivity contribution is 7.16. The van der Waals surface area contributed by atoms with Crippen molar-refractivity contribution >= 4 is 22.2 Å². The number of primary amides is 1. The molecule has 0 aromatic carbocycles. The van der Waals surface area contributed by atoms with Gasteiger partial charge in [0.15, 0.2) is 0 Å². The van der Waals surface area contributed by atoms with Crippen LogP contribution in [0.25, 0.3) is 0 Å². The molecule has 2 heterocycles. The highest BCUT2D eigenvalue weighted by atomic mass is 32.1. The van der Waals surface area contributed by atoms with Crippen LogP contribution in [-0.4, -0.2) is 29.4 Å². The minimum absolute atomic E-state index is 0.305. The van der Waals surface area contributed by atoms with Crippen molar-refractivity contribution in [2.45, 2.75) is 52.7 Å². The molecule has 1 amide bonds. The molecule has 0 saturated carbocycles. The van der Waals surface area contributed by atoms with E-state index in [4.69, 9.17) is 5.73 Å². The fraction of sp³-hybridized carbons (Fsp3) is 0.643. The number of nitrogens with two attached hydrogens (primary N) is 1. The Bertz CT molecular complexity index is 479. The second-order valence-electron chi connectivity index (χ2n) is 5.69. The predicted octanol–water partition coefficient (Wildman–Crippen LogP) is 2.43. The fourth-order valence-electron chi connectivity index (χ4n) is 2.49. The number of hydrogen-bond donors (Lipinski definition) is 2. The molecule has 0 radical (unpaired) electrons. The van der Waals surface area contributed by atoms with Crippen molar-refractivity contribution in [2.24, 2.45) is 5.73 Å². The lowest BCUT2D eigenvalue weighted by atomic mass is 10.0. The van der Waals surface area contributed by atoms with E-state index in [1.54, 1.807) is 11.3 Å². The summed E-state index contributed by atoms with van der Waals surface area (Å²) in [5.41, 5.74) is 7.45. The summed E-state index contributed by atoms with van der Waals surface area (Å²) in [5.74, 6) is -0.307. The van der Waals surface area contributed by atoms with E-state index in [2.05, 4.69) is 37.9 Å². The Hall–Kier alpha value is -1.07. The first-order valence-electron chi connectivity index (χ1n) is 6.85. The minimum atomic E-state index is -0.307. The van der Waals surface area contributed by atoms with Gasteiger partial charge in [-0.1, -0.05) is 0 Å². The van der Waals surface area contributed by atoms with Gasteiger partial charge in [-0.05, 0) is 39.7 Å². The zero-order valence-corrected chi connectivity index (χ0v) is 12.9. The largest absolute Gasteiger partial charge is 0.374 e. The van der Waals surface area contributed by atoms with Crippen LogP contribution in [0.5, 0.6) is 0 Å². The van der Waals surface area contributed by atoms with Crippen molar-refractivity contribution in [3.8, 4) is 0 Å². The quantitative estimate of drug-likeness (QED) is 0.891. The zero-order chi connectivity index (χ0) is 14.2. The Morgan fingerprint density at radius 3 is 2.58 bits per heavy atom. The summed E-state index contributed by atoms with van der Waals surface area (Å²) < 4.78 is 0. The number of rotatable bonds is 4. The lowest BCUT2D eigenvalue weighted by molar-refractivity contribution is 0.0999. The molecular formula is C14H23N3OS. The second kappa shape index (κ2) is 5.51. The summed E-state index contributed by atoms with van der Waals surface area (Å²) in [6, 6.07) is 0.841. The van der Waals surface area contributed by atoms with Crippen LogP contribution in [0, 0.1) is 0 Å². The number of nitrogens with zero attached hydrogens (tertiary/aromatic N) is 1. The van der Waals surface area contributed by atoms with E-state index in [0.29, 0.717) is 12.1 Å². The topological polar surface area (TPSA) is 58.4 Å². The molecule has 0 aliphatic carbocycles. The highest BCUT2D eigenvalue weighted by Gasteiger charge is 2.27. The van der Waals surface area contributed by atoms with Gasteiger partial charge in [0, 0.05) is 30.1 Å². The van der Waals surface area contributed by atoms with Crippen LogP contribution in [0.1, 0.15) is 48.5 Å². The third-order valence-electron chi connectivity index (χ3n) is 3.48. The molecule has 1 aliphatic heterocycles. The first-order chi connectivity index (χ1) is 8.90. The lowest BCUT2D eigenvalue weighted by Gasteiger charge is -2.30. The number of carbonyl (C=O) groups excluding carboxylic acids is 1. The summed E-state index contributed by atoms with van der Waals surface area (Å²) in [6.45, 7) is 10.5. The molecule has 0 fully saturated rings. The Balaban J connectivity index is 2.36. The molecule has 2 rings (SSSR count). The Morgan fingerprint density at radius 2 is 2.05 bits per heavy atom. The highest BCUT2D eigenvalue weighted by Crippen LogP contribution is 2.37. The molecule has 3 N–H and O–H groups in total. The Morgan fingerprint density at radius 1 is 1.37 bits per heavy atom. The number of nitrogens with one attached hydrogen (secondary N) is 1. The number of anilines is 1. The number of hydrogen-bond acceptors (Lipinski definition) is 4. The summed E-state index contributed by atoms with van der Waals surface area (Å²) in [4.78, 5) is 15.4. The van der Waals surface area contributed by atoms with Crippen LogP contribution in [0.15, 0.2) is 0 Å². The van der Waals surface area contributed by atoms with Crippen LogP contribution in [0.3, 0.4) is 0 Å². The van der Waals surface area contributed by atoms with Gasteiger partial charge in [0.25, 0.3) is 5.91 Å². The van der Waals surface area contributed by atoms with Gasteiger partial charge in [-0.15, -0.1) is 11.3 Å². The van der Waals surface area contributed by atoms with Crippen molar-refractivity contribution in [1.82, 2.24) is 4.90 Å². The van der Waals surface area contributed by atoms with E-state index in [9.17, 15) is 4.79 Å². The first kappa shape index (κ1) is 14.3. The van der Waals surface area contributed by atoms with Gasteiger partial charge in [0.1, 0.15) is 5.00 Å². The van der Waals surface area contributed by atoms with Crippen molar-refractivity contribution in [3.63, 3.8) is 0 Å². The van der Waals surface area contributed by atoms with Crippen LogP contribution in [0.4, 0.5) is 5.00 Å². The SMILES string of the molecule is CC(C)Nc1sc2c(c1C(N)=O)CCN(C(C)C)C2. The molecule has 19 heavy (non-hydrogen) atoms. The van der Waals surface area contributed by atoms with E-state index >= 15 is 0 Å². The van der Waals surface area contributed by atoms with E-state index in [0.717, 1.165) is 35.6 Å². The smallest absolute Gasteiger partial charge is 0.251 e. The minimum Gasteiger partial charge on any atom is -0.374 e. The molecule has 1 aliphatic rings. The summed E-state index contributed by atoms with van der Waals surface area (Å²) >= 11 is 1.69. The normalized spacial score (nSPS) is 15.9. The monoisotopic (exact) mass is 281 g/mol. The maximum Gasteiger partial charge on any atom is 0.251 e. The van der Waals surface area contributed by atoms with Gasteiger partial charge >= 0.3 is 0 Å². The predicted molar refractivity (Wildman–Crippen MR) is 80.8 cm³/mol. The van der Waals surface area contributed by atoms with E-state index < -0.39 is 0 Å². The molecule has 0 saturated heterocycles. The van der Waals surface area contributed by atoms with E-state index in [1.807, 2.05) is 0 Å². The summed E-state index contributed by atoms with van der Waals surface area (Å²) in [5, 5.41) is 4.30. The fourth-order valence-corrected chi connectivity index (χ4v) is 3.91. The molecule has 1 aromatic rings. The average Bonchev–Trinajstić information content (AvgIpc) is 2.64. The lowest BCUT2D eigenvalue weighted by Crippen LogP contribution is -2.35. The molecule has 0 atom stereocenters. The Kier molecular flexibility index (Phi) is 4.16. The van der Waals surface area contributed by atoms with Crippen molar-refractivity contribution < 1.29 is 4.79 Å². The molecule has 5 heteroatoms. The molecule has 0 spiro atoms. The first-order valence-corrected chi connectivity index (χ1v) is 7.66. The van der Waals surface area contributed by atoms with Gasteiger partial charge in [-0.2, -0.15) is 0 Å². The molecule has 0 unspecified atom stereocenters. The van der Waals surface area contributed by atoms with E-state index in [1.165, 1.54) is 4.88 Å². The second-order valence-corrected chi connectivity index (χ2v) is 6.79. The average molecular weight is 281 g/mol. The van der Waals surface area contributed by atoms with Gasteiger partial charge in [0.05, 0.1) is 5.56 Å². The number of carbonyl (C=O) groups is 1. The maximum atomic E-state index is 11.7. The molecule has 106 valence electrons. The number of thiophene rings is 1. The molecule has 0 bridgehead atoms. The van der Waals surface area contributed by atoms with Crippen molar-refractivity contribution in [1.29, 1.82) is 0 Å². The van der Waals surface area contributed by atoms with Crippen LogP contribution in [0.2, 0.25) is 0 Å². The standard InChI is InChI=1S/C14H23N3OS/c1-8(2)16-14-12(13(15)18)10-5-6-17(9(3)4)7-11(10)19-14/h8-9,16H,5-7H2,1-4H3,(H2,15,18). The van der Waals surface area contributed by atoms with Gasteiger partial charge in [-0.25, -0.2) is 0 Å². The van der Waals surface area contributed by atoms with Gasteiger partial charge in [0.2, 0.25) is 0 Å². The van der Waals surface area contributed by atoms with Crippen LogP contribution < -0.4 is 11.1 Å². The summed E-state index contributed by atoms with van der Waals surface area (Å²) in [6.07, 6.45) is 0.919. The number of fused-ring (bicyclic) bond motifs is 1. The summed E-state index contributed by atoms with van der Waals surface area (Å²) in [7, 11) is 0. The third kappa shape index (κ3) is 2.92.